The molecular weight excluding hydrogens is 370 g/mol. The molecule has 3 saturated heterocycles. The first kappa shape index (κ1) is 17.5. The molecule has 7 nitrogen and oxygen atoms in total. The minimum Gasteiger partial charge on any atom is -0.363 e. The number of piperidine rings is 1. The molecule has 148 valence electrons. The Balaban J connectivity index is 1.55. The van der Waals surface area contributed by atoms with Gasteiger partial charge in [-0.2, -0.15) is 0 Å². The van der Waals surface area contributed by atoms with Crippen LogP contribution in [0.5, 0.6) is 0 Å². The summed E-state index contributed by atoms with van der Waals surface area (Å²) in [5.74, 6) is -3.86. The predicted octanol–water partition coefficient (Wildman–Crippen LogP) is 0.666. The van der Waals surface area contributed by atoms with Crippen molar-refractivity contribution in [2.45, 2.75) is 50.4 Å². The molecule has 3 unspecified atom stereocenters. The first-order valence-electron chi connectivity index (χ1n) is 9.60. The first-order chi connectivity index (χ1) is 13.5. The zero-order valence-electron chi connectivity index (χ0n) is 15.1. The second kappa shape index (κ2) is 6.23. The minimum atomic E-state index is -1.17. The number of nitrogens with zero attached hydrogens (tertiary/aromatic N) is 2. The van der Waals surface area contributed by atoms with Gasteiger partial charge >= 0.3 is 0 Å². The van der Waals surface area contributed by atoms with E-state index in [-0.39, 0.29) is 42.9 Å². The molecule has 1 aromatic carbocycles. The van der Waals surface area contributed by atoms with Gasteiger partial charge in [-0.25, -0.2) is 8.78 Å². The van der Waals surface area contributed by atoms with Gasteiger partial charge in [-0.1, -0.05) is 0 Å². The number of amides is 3. The summed E-state index contributed by atoms with van der Waals surface area (Å²) in [6.45, 7) is 1.56. The molecular formula is C19H20F2N4O3. The molecule has 1 aromatic rings. The summed E-state index contributed by atoms with van der Waals surface area (Å²) < 4.78 is 29.0. The van der Waals surface area contributed by atoms with Crippen molar-refractivity contribution in [2.75, 3.05) is 18.0 Å². The lowest BCUT2D eigenvalue weighted by Crippen LogP contribution is -2.53. The van der Waals surface area contributed by atoms with E-state index in [1.165, 1.54) is 11.0 Å². The van der Waals surface area contributed by atoms with Gasteiger partial charge in [0.05, 0.1) is 5.56 Å². The maximum Gasteiger partial charge on any atom is 0.258 e. The van der Waals surface area contributed by atoms with Crippen molar-refractivity contribution in [2.24, 2.45) is 0 Å². The Kier molecular flexibility index (Phi) is 3.90. The summed E-state index contributed by atoms with van der Waals surface area (Å²) >= 11 is 0. The SMILES string of the molecule is O=C1CCC(N2Cc3c(N4C5CCC4CNC5)cc(F)c(F)c3C2=O)C(=O)N1. The first-order valence-corrected chi connectivity index (χ1v) is 9.60. The van der Waals surface area contributed by atoms with E-state index in [9.17, 15) is 23.2 Å². The average molecular weight is 390 g/mol. The van der Waals surface area contributed by atoms with Crippen LogP contribution in [0.3, 0.4) is 0 Å². The molecule has 5 rings (SSSR count). The van der Waals surface area contributed by atoms with Gasteiger partial charge in [0.2, 0.25) is 11.8 Å². The Labute approximate surface area is 160 Å². The third kappa shape index (κ3) is 2.45. The van der Waals surface area contributed by atoms with Gasteiger partial charge in [0.15, 0.2) is 11.6 Å². The molecule has 0 saturated carbocycles. The van der Waals surface area contributed by atoms with E-state index < -0.39 is 29.5 Å². The zero-order chi connectivity index (χ0) is 19.6. The van der Waals surface area contributed by atoms with Crippen molar-refractivity contribution in [1.82, 2.24) is 15.5 Å². The third-order valence-corrected chi connectivity index (χ3v) is 6.35. The molecule has 2 bridgehead atoms. The quantitative estimate of drug-likeness (QED) is 0.726. The smallest absolute Gasteiger partial charge is 0.258 e. The van der Waals surface area contributed by atoms with E-state index in [0.29, 0.717) is 11.3 Å². The molecule has 0 radical (unpaired) electrons. The average Bonchev–Trinajstić information content (AvgIpc) is 3.12. The summed E-state index contributed by atoms with van der Waals surface area (Å²) in [5, 5.41) is 5.57. The predicted molar refractivity (Wildman–Crippen MR) is 94.6 cm³/mol. The molecule has 3 amide bonds. The molecule has 0 aliphatic carbocycles. The van der Waals surface area contributed by atoms with E-state index in [1.807, 2.05) is 0 Å². The maximum atomic E-state index is 14.6. The number of hydrogen-bond acceptors (Lipinski definition) is 5. The van der Waals surface area contributed by atoms with Crippen molar-refractivity contribution in [3.8, 4) is 0 Å². The fourth-order valence-corrected chi connectivity index (χ4v) is 5.05. The van der Waals surface area contributed by atoms with Crippen molar-refractivity contribution in [1.29, 1.82) is 0 Å². The molecule has 0 aromatic heterocycles. The normalized spacial score (nSPS) is 29.4. The third-order valence-electron chi connectivity index (χ3n) is 6.35. The summed E-state index contributed by atoms with van der Waals surface area (Å²) in [7, 11) is 0. The van der Waals surface area contributed by atoms with Crippen LogP contribution in [0.2, 0.25) is 0 Å². The number of benzene rings is 1. The van der Waals surface area contributed by atoms with Crippen LogP contribution in [0.25, 0.3) is 0 Å². The second-order valence-electron chi connectivity index (χ2n) is 7.90. The number of anilines is 1. The van der Waals surface area contributed by atoms with Crippen LogP contribution in [-0.4, -0.2) is 53.8 Å². The number of hydrogen-bond donors (Lipinski definition) is 2. The van der Waals surface area contributed by atoms with Crippen LogP contribution >= 0.6 is 0 Å². The van der Waals surface area contributed by atoms with Crippen LogP contribution in [0, 0.1) is 11.6 Å². The lowest BCUT2D eigenvalue weighted by Gasteiger charge is -2.38. The van der Waals surface area contributed by atoms with Crippen LogP contribution in [-0.2, 0) is 16.1 Å². The molecule has 3 fully saturated rings. The van der Waals surface area contributed by atoms with Gasteiger partial charge in [0.1, 0.15) is 6.04 Å². The highest BCUT2D eigenvalue weighted by Gasteiger charge is 2.45. The van der Waals surface area contributed by atoms with Gasteiger partial charge in [-0.15, -0.1) is 0 Å². The summed E-state index contributed by atoms with van der Waals surface area (Å²) in [5.41, 5.74) is 0.705. The van der Waals surface area contributed by atoms with Gasteiger partial charge in [-0.05, 0) is 19.3 Å². The largest absolute Gasteiger partial charge is 0.363 e. The highest BCUT2D eigenvalue weighted by molar-refractivity contribution is 6.06. The molecule has 0 spiro atoms. The highest BCUT2D eigenvalue weighted by atomic mass is 19.2. The fourth-order valence-electron chi connectivity index (χ4n) is 5.05. The maximum absolute atomic E-state index is 14.6. The van der Waals surface area contributed by atoms with Crippen molar-refractivity contribution < 1.29 is 23.2 Å². The fraction of sp³-hybridized carbons (Fsp3) is 0.526. The Morgan fingerprint density at radius 3 is 2.43 bits per heavy atom. The lowest BCUT2D eigenvalue weighted by molar-refractivity contribution is -0.136. The van der Waals surface area contributed by atoms with Crippen molar-refractivity contribution in [3.63, 3.8) is 0 Å². The monoisotopic (exact) mass is 390 g/mol. The summed E-state index contributed by atoms with van der Waals surface area (Å²) in [6.07, 6.45) is 2.21. The highest BCUT2D eigenvalue weighted by Crippen LogP contribution is 2.41. The lowest BCUT2D eigenvalue weighted by atomic mass is 10.0. The number of nitrogens with one attached hydrogen (secondary N) is 2. The standard InChI is InChI=1S/C19H20F2N4O3/c20-12-5-14(25-9-1-2-10(25)7-22-6-9)11-8-24(19(28)16(11)17(12)21)13-3-4-15(26)23-18(13)27/h5,9-10,13,22H,1-4,6-8H2,(H,23,26,27). The Bertz CT molecular complexity index is 890. The van der Waals surface area contributed by atoms with Gasteiger partial charge in [0.25, 0.3) is 5.91 Å². The summed E-state index contributed by atoms with van der Waals surface area (Å²) in [4.78, 5) is 40.0. The molecule has 28 heavy (non-hydrogen) atoms. The molecule has 4 aliphatic rings. The van der Waals surface area contributed by atoms with E-state index in [1.54, 1.807) is 0 Å². The van der Waals surface area contributed by atoms with Crippen LogP contribution in [0.4, 0.5) is 14.5 Å². The Morgan fingerprint density at radius 1 is 1.04 bits per heavy atom. The molecule has 2 N–H and O–H groups in total. The second-order valence-corrected chi connectivity index (χ2v) is 7.90. The van der Waals surface area contributed by atoms with Gasteiger partial charge in [-0.3, -0.25) is 19.7 Å². The van der Waals surface area contributed by atoms with Gasteiger partial charge < -0.3 is 15.1 Å². The topological polar surface area (TPSA) is 81.8 Å². The van der Waals surface area contributed by atoms with Gasteiger partial charge in [0, 0.05) is 55.5 Å². The van der Waals surface area contributed by atoms with E-state index >= 15 is 0 Å². The number of rotatable bonds is 2. The number of carbonyl (C=O) groups is 3. The molecule has 4 heterocycles. The van der Waals surface area contributed by atoms with E-state index in [0.717, 1.165) is 25.9 Å². The van der Waals surface area contributed by atoms with E-state index in [4.69, 9.17) is 0 Å². The van der Waals surface area contributed by atoms with Crippen LogP contribution in [0.1, 0.15) is 41.6 Å². The van der Waals surface area contributed by atoms with E-state index in [2.05, 4.69) is 15.5 Å². The molecule has 9 heteroatoms. The number of carbonyl (C=O) groups excluding carboxylic acids is 3. The van der Waals surface area contributed by atoms with Crippen molar-refractivity contribution >= 4 is 23.4 Å². The number of fused-ring (bicyclic) bond motifs is 3. The minimum absolute atomic E-state index is 0.0380. The van der Waals surface area contributed by atoms with Crippen LogP contribution < -0.4 is 15.5 Å². The Morgan fingerprint density at radius 2 is 1.75 bits per heavy atom. The zero-order valence-corrected chi connectivity index (χ0v) is 15.1. The summed E-state index contributed by atoms with van der Waals surface area (Å²) in [6, 6.07) is 0.680. The van der Waals surface area contributed by atoms with Crippen LogP contribution in [0.15, 0.2) is 6.07 Å². The van der Waals surface area contributed by atoms with Crippen molar-refractivity contribution in [3.05, 3.63) is 28.8 Å². The number of imide groups is 1. The number of piperazine rings is 1. The molecule has 3 atom stereocenters. The number of halogens is 2. The Hall–Kier alpha value is -2.55. The molecule has 4 aliphatic heterocycles.